The fourth-order valence-electron chi connectivity index (χ4n) is 1.58. The third-order valence-electron chi connectivity index (χ3n) is 2.20. The van der Waals surface area contributed by atoms with Gasteiger partial charge in [-0.25, -0.2) is 0 Å². The number of likely N-dealkylation sites (N-methyl/N-ethyl adjacent to an activating group) is 1. The van der Waals surface area contributed by atoms with Gasteiger partial charge in [0.05, 0.1) is 0 Å². The maximum atomic E-state index is 11.6. The van der Waals surface area contributed by atoms with E-state index in [9.17, 15) is 4.79 Å². The van der Waals surface area contributed by atoms with Gasteiger partial charge in [0.15, 0.2) is 0 Å². The first-order chi connectivity index (χ1) is 5.90. The average molecular weight is 185 g/mol. The first kappa shape index (κ1) is 10.5. The summed E-state index contributed by atoms with van der Waals surface area (Å²) < 4.78 is 5.31. The van der Waals surface area contributed by atoms with Crippen LogP contribution in [0.3, 0.4) is 0 Å². The molecule has 0 bridgehead atoms. The number of rotatable bonds is 1. The quantitative estimate of drug-likeness (QED) is 0.579. The zero-order chi connectivity index (χ0) is 10.1. The van der Waals surface area contributed by atoms with Crippen LogP contribution in [0.25, 0.3) is 0 Å². The fraction of sp³-hybridized carbons (Fsp3) is 0.900. The summed E-state index contributed by atoms with van der Waals surface area (Å²) in [6.45, 7) is 6.71. The lowest BCUT2D eigenvalue weighted by atomic mass is 10.1. The number of ether oxygens (including phenoxy) is 1. The van der Waals surface area contributed by atoms with E-state index in [1.54, 1.807) is 0 Å². The van der Waals surface area contributed by atoms with Crippen molar-refractivity contribution in [3.05, 3.63) is 0 Å². The van der Waals surface area contributed by atoms with Gasteiger partial charge in [-0.15, -0.1) is 0 Å². The maximum Gasteiger partial charge on any atom is 0.323 e. The van der Waals surface area contributed by atoms with Gasteiger partial charge in [-0.2, -0.15) is 0 Å². The molecule has 13 heavy (non-hydrogen) atoms. The van der Waals surface area contributed by atoms with E-state index in [2.05, 4.69) is 4.90 Å². The Bertz CT molecular complexity index is 196. The summed E-state index contributed by atoms with van der Waals surface area (Å²) in [6.07, 6.45) is 2.03. The molecule has 1 aliphatic rings. The van der Waals surface area contributed by atoms with Crippen molar-refractivity contribution in [2.24, 2.45) is 0 Å². The van der Waals surface area contributed by atoms with E-state index in [-0.39, 0.29) is 17.6 Å². The van der Waals surface area contributed by atoms with Gasteiger partial charge >= 0.3 is 5.97 Å². The number of hydrogen-bond donors (Lipinski definition) is 0. The highest BCUT2D eigenvalue weighted by atomic mass is 16.6. The van der Waals surface area contributed by atoms with Gasteiger partial charge in [-0.1, -0.05) is 0 Å². The highest BCUT2D eigenvalue weighted by molar-refractivity contribution is 5.76. The van der Waals surface area contributed by atoms with Crippen LogP contribution in [-0.4, -0.2) is 36.1 Å². The first-order valence-corrected chi connectivity index (χ1v) is 4.83. The summed E-state index contributed by atoms with van der Waals surface area (Å²) in [5.41, 5.74) is -0.361. The molecule has 1 saturated heterocycles. The molecule has 0 aromatic rings. The Morgan fingerprint density at radius 2 is 2.08 bits per heavy atom. The molecular weight excluding hydrogens is 166 g/mol. The van der Waals surface area contributed by atoms with Crippen LogP contribution in [0, 0.1) is 0 Å². The average Bonchev–Trinajstić information content (AvgIpc) is 2.30. The summed E-state index contributed by atoms with van der Waals surface area (Å²) in [5, 5.41) is 0. The molecule has 1 heterocycles. The number of carbonyl (C=O) groups is 1. The van der Waals surface area contributed by atoms with Crippen molar-refractivity contribution < 1.29 is 9.53 Å². The molecule has 1 fully saturated rings. The molecule has 3 nitrogen and oxygen atoms in total. The van der Waals surface area contributed by atoms with Crippen molar-refractivity contribution in [2.75, 3.05) is 13.6 Å². The van der Waals surface area contributed by atoms with Crippen LogP contribution in [0.2, 0.25) is 0 Å². The summed E-state index contributed by atoms with van der Waals surface area (Å²) in [4.78, 5) is 13.7. The lowest BCUT2D eigenvalue weighted by Gasteiger charge is -2.24. The monoisotopic (exact) mass is 185 g/mol. The topological polar surface area (TPSA) is 29.5 Å². The van der Waals surface area contributed by atoms with Crippen LogP contribution in [0.1, 0.15) is 33.6 Å². The number of esters is 1. The molecule has 0 aromatic carbocycles. The van der Waals surface area contributed by atoms with E-state index < -0.39 is 0 Å². The third-order valence-corrected chi connectivity index (χ3v) is 2.20. The molecule has 1 atom stereocenters. The summed E-state index contributed by atoms with van der Waals surface area (Å²) in [6, 6.07) is -0.0146. The summed E-state index contributed by atoms with van der Waals surface area (Å²) >= 11 is 0. The molecule has 0 unspecified atom stereocenters. The van der Waals surface area contributed by atoms with E-state index >= 15 is 0 Å². The lowest BCUT2D eigenvalue weighted by molar-refractivity contribution is -0.159. The molecule has 1 rings (SSSR count). The molecular formula is C10H19NO2. The highest BCUT2D eigenvalue weighted by Gasteiger charge is 2.31. The number of nitrogens with zero attached hydrogens (tertiary/aromatic N) is 1. The van der Waals surface area contributed by atoms with E-state index in [1.165, 1.54) is 0 Å². The summed E-state index contributed by atoms with van der Waals surface area (Å²) in [5.74, 6) is -0.0764. The Morgan fingerprint density at radius 1 is 1.46 bits per heavy atom. The minimum atomic E-state index is -0.361. The zero-order valence-electron chi connectivity index (χ0n) is 8.96. The van der Waals surface area contributed by atoms with Gasteiger partial charge in [-0.3, -0.25) is 9.69 Å². The normalized spacial score (nSPS) is 24.8. The van der Waals surface area contributed by atoms with Gasteiger partial charge in [0.2, 0.25) is 0 Å². The van der Waals surface area contributed by atoms with E-state index in [1.807, 2.05) is 27.8 Å². The maximum absolute atomic E-state index is 11.6. The van der Waals surface area contributed by atoms with Gasteiger partial charge in [0, 0.05) is 0 Å². The molecule has 0 aromatic heterocycles. The third kappa shape index (κ3) is 2.99. The van der Waals surface area contributed by atoms with Crippen LogP contribution in [0.4, 0.5) is 0 Å². The Balaban J connectivity index is 2.48. The van der Waals surface area contributed by atoms with Gasteiger partial charge in [0.25, 0.3) is 0 Å². The predicted molar refractivity (Wildman–Crippen MR) is 51.5 cm³/mol. The van der Waals surface area contributed by atoms with Crippen LogP contribution < -0.4 is 0 Å². The van der Waals surface area contributed by atoms with Crippen molar-refractivity contribution in [3.8, 4) is 0 Å². The van der Waals surface area contributed by atoms with Gasteiger partial charge in [0.1, 0.15) is 11.6 Å². The van der Waals surface area contributed by atoms with Crippen LogP contribution in [-0.2, 0) is 9.53 Å². The molecule has 3 heteroatoms. The molecule has 0 amide bonds. The summed E-state index contributed by atoms with van der Waals surface area (Å²) in [7, 11) is 1.97. The Labute approximate surface area is 80.1 Å². The SMILES string of the molecule is CN1CCC[C@H]1C(=O)OC(C)(C)C. The second-order valence-electron chi connectivity index (χ2n) is 4.67. The number of carbonyl (C=O) groups excluding carboxylic acids is 1. The first-order valence-electron chi connectivity index (χ1n) is 4.83. The molecule has 0 spiro atoms. The second-order valence-corrected chi connectivity index (χ2v) is 4.67. The largest absolute Gasteiger partial charge is 0.459 e. The number of likely N-dealkylation sites (tertiary alicyclic amines) is 1. The van der Waals surface area contributed by atoms with E-state index in [0.717, 1.165) is 19.4 Å². The van der Waals surface area contributed by atoms with Gasteiger partial charge < -0.3 is 4.74 Å². The van der Waals surface area contributed by atoms with Crippen molar-refractivity contribution in [3.63, 3.8) is 0 Å². The van der Waals surface area contributed by atoms with E-state index in [4.69, 9.17) is 4.74 Å². The molecule has 0 aliphatic carbocycles. The molecule has 76 valence electrons. The predicted octanol–water partition coefficient (Wildman–Crippen LogP) is 1.42. The van der Waals surface area contributed by atoms with Crippen molar-refractivity contribution in [1.29, 1.82) is 0 Å². The Kier molecular flexibility index (Phi) is 2.96. The van der Waals surface area contributed by atoms with Crippen LogP contribution in [0.15, 0.2) is 0 Å². The lowest BCUT2D eigenvalue weighted by Crippen LogP contribution is -2.38. The standard InChI is InChI=1S/C10H19NO2/c1-10(2,3)13-9(12)8-6-5-7-11(8)4/h8H,5-7H2,1-4H3/t8-/m0/s1. The Morgan fingerprint density at radius 3 is 2.46 bits per heavy atom. The molecule has 0 radical (unpaired) electrons. The zero-order valence-corrected chi connectivity index (χ0v) is 8.96. The minimum absolute atomic E-state index is 0.0146. The van der Waals surface area contributed by atoms with E-state index in [0.29, 0.717) is 0 Å². The molecule has 0 N–H and O–H groups in total. The van der Waals surface area contributed by atoms with Crippen molar-refractivity contribution in [2.45, 2.75) is 45.3 Å². The smallest absolute Gasteiger partial charge is 0.323 e. The minimum Gasteiger partial charge on any atom is -0.459 e. The number of hydrogen-bond acceptors (Lipinski definition) is 3. The second kappa shape index (κ2) is 3.66. The van der Waals surface area contributed by atoms with Crippen LogP contribution in [0.5, 0.6) is 0 Å². The van der Waals surface area contributed by atoms with Crippen molar-refractivity contribution >= 4 is 5.97 Å². The van der Waals surface area contributed by atoms with Gasteiger partial charge in [-0.05, 0) is 47.2 Å². The van der Waals surface area contributed by atoms with Crippen molar-refractivity contribution in [1.82, 2.24) is 4.90 Å². The Hall–Kier alpha value is -0.570. The molecule has 1 aliphatic heterocycles. The fourth-order valence-corrected chi connectivity index (χ4v) is 1.58. The highest BCUT2D eigenvalue weighted by Crippen LogP contribution is 2.18. The van der Waals surface area contributed by atoms with Crippen LogP contribution >= 0.6 is 0 Å². The molecule has 0 saturated carbocycles.